The van der Waals surface area contributed by atoms with Crippen LogP contribution in [0.1, 0.15) is 12.7 Å². The van der Waals surface area contributed by atoms with Gasteiger partial charge in [-0.2, -0.15) is 0 Å². The average molecular weight is 274 g/mol. The first-order chi connectivity index (χ1) is 8.39. The van der Waals surface area contributed by atoms with Crippen molar-refractivity contribution in [2.45, 2.75) is 19.1 Å². The molecule has 0 amide bonds. The van der Waals surface area contributed by atoms with Crippen LogP contribution in [0.5, 0.6) is 0 Å². The number of aromatic nitrogens is 2. The molecule has 0 spiro atoms. The summed E-state index contributed by atoms with van der Waals surface area (Å²) < 4.78 is 7.16. The maximum absolute atomic E-state index is 10.4. The average Bonchev–Trinajstić information content (AvgIpc) is 2.56. The summed E-state index contributed by atoms with van der Waals surface area (Å²) in [6.45, 7) is 3.75. The van der Waals surface area contributed by atoms with Gasteiger partial charge >= 0.3 is 5.97 Å². The van der Waals surface area contributed by atoms with Crippen molar-refractivity contribution in [3.05, 3.63) is 17.2 Å². The number of aliphatic carboxylic acids is 1. The van der Waals surface area contributed by atoms with E-state index >= 15 is 0 Å². The molecule has 1 saturated heterocycles. The molecule has 6 nitrogen and oxygen atoms in total. The van der Waals surface area contributed by atoms with E-state index in [1.54, 1.807) is 6.20 Å². The number of imidazole rings is 1. The topological polar surface area (TPSA) is 67.6 Å². The Kier molecular flexibility index (Phi) is 3.61. The minimum absolute atomic E-state index is 0.251. The van der Waals surface area contributed by atoms with Crippen LogP contribution in [0.4, 0.5) is 0 Å². The first-order valence-corrected chi connectivity index (χ1v) is 6.02. The molecule has 0 bridgehead atoms. The van der Waals surface area contributed by atoms with Gasteiger partial charge in [-0.25, -0.2) is 9.78 Å². The van der Waals surface area contributed by atoms with E-state index < -0.39 is 5.97 Å². The van der Waals surface area contributed by atoms with Crippen LogP contribution in [0.3, 0.4) is 0 Å². The first kappa shape index (κ1) is 13.3. The van der Waals surface area contributed by atoms with Crippen molar-refractivity contribution in [3.8, 4) is 0 Å². The number of carbonyl (C=O) groups is 1. The van der Waals surface area contributed by atoms with Crippen molar-refractivity contribution in [2.75, 3.05) is 19.7 Å². The highest BCUT2D eigenvalue weighted by Crippen LogP contribution is 2.26. The number of halogens is 1. The van der Waals surface area contributed by atoms with Gasteiger partial charge in [-0.1, -0.05) is 11.6 Å². The Morgan fingerprint density at radius 3 is 2.83 bits per heavy atom. The van der Waals surface area contributed by atoms with Crippen molar-refractivity contribution < 1.29 is 14.6 Å². The third-order valence-corrected chi connectivity index (χ3v) is 3.40. The van der Waals surface area contributed by atoms with E-state index in [0.717, 1.165) is 5.82 Å². The minimum atomic E-state index is -0.939. The van der Waals surface area contributed by atoms with Crippen LogP contribution >= 0.6 is 11.6 Å². The van der Waals surface area contributed by atoms with Gasteiger partial charge in [0.05, 0.1) is 18.3 Å². The Balaban J connectivity index is 1.82. The van der Waals surface area contributed by atoms with Crippen molar-refractivity contribution in [3.63, 3.8) is 0 Å². The van der Waals surface area contributed by atoms with Gasteiger partial charge in [-0.3, -0.25) is 4.90 Å². The molecule has 0 radical (unpaired) electrons. The predicted molar refractivity (Wildman–Crippen MR) is 65.5 cm³/mol. The number of hydrogen-bond donors (Lipinski definition) is 1. The van der Waals surface area contributed by atoms with Crippen molar-refractivity contribution in [2.24, 2.45) is 7.05 Å². The SMILES string of the molecule is Cn1c(Cl)cnc1CN1CC(C)(OCC(=O)O)C1. The van der Waals surface area contributed by atoms with E-state index in [4.69, 9.17) is 21.4 Å². The van der Waals surface area contributed by atoms with Crippen LogP contribution in [0, 0.1) is 0 Å². The molecule has 0 unspecified atom stereocenters. The lowest BCUT2D eigenvalue weighted by atomic mass is 9.96. The van der Waals surface area contributed by atoms with Gasteiger partial charge < -0.3 is 14.4 Å². The number of carboxylic acid groups (broad SMARTS) is 1. The van der Waals surface area contributed by atoms with Crippen molar-refractivity contribution in [1.29, 1.82) is 0 Å². The van der Waals surface area contributed by atoms with E-state index in [2.05, 4.69) is 9.88 Å². The molecule has 2 heterocycles. The standard InChI is InChI=1S/C11H16ClN3O3/c1-11(18-5-10(16)17)6-15(7-11)4-9-13-3-8(12)14(9)2/h3H,4-7H2,1-2H3,(H,16,17). The number of carboxylic acids is 1. The van der Waals surface area contributed by atoms with Crippen molar-refractivity contribution in [1.82, 2.24) is 14.5 Å². The highest BCUT2D eigenvalue weighted by molar-refractivity contribution is 6.29. The van der Waals surface area contributed by atoms with Crippen LogP contribution in [0.2, 0.25) is 5.15 Å². The molecule has 1 aliphatic rings. The maximum Gasteiger partial charge on any atom is 0.329 e. The third kappa shape index (κ3) is 2.82. The van der Waals surface area contributed by atoms with Gasteiger partial charge in [-0.15, -0.1) is 0 Å². The second-order valence-corrected chi connectivity index (χ2v) is 5.22. The highest BCUT2D eigenvalue weighted by atomic mass is 35.5. The molecular formula is C11H16ClN3O3. The second-order valence-electron chi connectivity index (χ2n) is 4.83. The molecule has 0 aromatic carbocycles. The summed E-state index contributed by atoms with van der Waals surface area (Å²) in [6.07, 6.45) is 1.62. The first-order valence-electron chi connectivity index (χ1n) is 5.64. The fourth-order valence-corrected chi connectivity index (χ4v) is 2.26. The fourth-order valence-electron chi connectivity index (χ4n) is 2.11. The van der Waals surface area contributed by atoms with E-state index in [-0.39, 0.29) is 12.2 Å². The quantitative estimate of drug-likeness (QED) is 0.857. The molecule has 1 aliphatic heterocycles. The van der Waals surface area contributed by atoms with Gasteiger partial charge in [0.15, 0.2) is 0 Å². The van der Waals surface area contributed by atoms with Gasteiger partial charge in [-0.05, 0) is 6.92 Å². The Bertz CT molecular complexity index is 454. The third-order valence-electron chi connectivity index (χ3n) is 3.05. The molecule has 0 aliphatic carbocycles. The summed E-state index contributed by atoms with van der Waals surface area (Å²) in [6, 6.07) is 0. The number of nitrogens with zero attached hydrogens (tertiary/aromatic N) is 3. The molecule has 7 heteroatoms. The summed E-state index contributed by atoms with van der Waals surface area (Å²) in [5.41, 5.74) is -0.368. The van der Waals surface area contributed by atoms with Crippen LogP contribution < -0.4 is 0 Å². The largest absolute Gasteiger partial charge is 0.480 e. The summed E-state index contributed by atoms with van der Waals surface area (Å²) in [4.78, 5) is 16.8. The molecule has 1 N–H and O–H groups in total. The Morgan fingerprint density at radius 1 is 1.67 bits per heavy atom. The van der Waals surface area contributed by atoms with Crippen LogP contribution in [-0.2, 0) is 23.1 Å². The minimum Gasteiger partial charge on any atom is -0.480 e. The molecular weight excluding hydrogens is 258 g/mol. The van der Waals surface area contributed by atoms with E-state index in [1.165, 1.54) is 0 Å². The van der Waals surface area contributed by atoms with Crippen molar-refractivity contribution >= 4 is 17.6 Å². The van der Waals surface area contributed by atoms with E-state index in [9.17, 15) is 4.79 Å². The Morgan fingerprint density at radius 2 is 2.33 bits per heavy atom. The zero-order chi connectivity index (χ0) is 13.3. The summed E-state index contributed by atoms with van der Waals surface area (Å²) in [5, 5.41) is 9.18. The number of hydrogen-bond acceptors (Lipinski definition) is 4. The predicted octanol–water partition coefficient (Wildman–Crippen LogP) is 0.749. The van der Waals surface area contributed by atoms with Gasteiger partial charge in [0.1, 0.15) is 17.6 Å². The Labute approximate surface area is 110 Å². The Hall–Kier alpha value is -1.11. The zero-order valence-corrected chi connectivity index (χ0v) is 11.1. The zero-order valence-electron chi connectivity index (χ0n) is 10.4. The van der Waals surface area contributed by atoms with Crippen LogP contribution in [0.25, 0.3) is 0 Å². The lowest BCUT2D eigenvalue weighted by molar-refractivity contribution is -0.166. The molecule has 100 valence electrons. The second kappa shape index (κ2) is 4.87. The van der Waals surface area contributed by atoms with E-state index in [0.29, 0.717) is 24.8 Å². The summed E-state index contributed by atoms with van der Waals surface area (Å²) >= 11 is 5.91. The van der Waals surface area contributed by atoms with Gasteiger partial charge in [0.2, 0.25) is 0 Å². The molecule has 2 rings (SSSR count). The smallest absolute Gasteiger partial charge is 0.329 e. The lowest BCUT2D eigenvalue weighted by Gasteiger charge is -2.47. The molecule has 18 heavy (non-hydrogen) atoms. The fraction of sp³-hybridized carbons (Fsp3) is 0.636. The maximum atomic E-state index is 10.4. The summed E-state index contributed by atoms with van der Waals surface area (Å²) in [5.74, 6) is -0.0501. The van der Waals surface area contributed by atoms with Gasteiger partial charge in [0.25, 0.3) is 0 Å². The summed E-state index contributed by atoms with van der Waals surface area (Å²) in [7, 11) is 1.87. The molecule has 1 aromatic rings. The normalized spacial score (nSPS) is 18.6. The monoisotopic (exact) mass is 273 g/mol. The van der Waals surface area contributed by atoms with Gasteiger partial charge in [0, 0.05) is 20.1 Å². The van der Waals surface area contributed by atoms with E-state index in [1.807, 2.05) is 18.5 Å². The molecule has 0 saturated carbocycles. The lowest BCUT2D eigenvalue weighted by Crippen LogP contribution is -2.61. The molecule has 1 aromatic heterocycles. The highest BCUT2D eigenvalue weighted by Gasteiger charge is 2.40. The number of likely N-dealkylation sites (tertiary alicyclic amines) is 1. The molecule has 1 fully saturated rings. The number of rotatable bonds is 5. The van der Waals surface area contributed by atoms with Crippen LogP contribution in [0.15, 0.2) is 6.20 Å². The van der Waals surface area contributed by atoms with Crippen LogP contribution in [-0.4, -0.2) is 50.8 Å². The molecule has 0 atom stereocenters. The number of ether oxygens (including phenoxy) is 1.